The van der Waals surface area contributed by atoms with Crippen LogP contribution in [0.2, 0.25) is 0 Å². The highest BCUT2D eigenvalue weighted by atomic mass is 16.5. The number of ether oxygens (including phenoxy) is 1. The first-order valence-corrected chi connectivity index (χ1v) is 8.85. The number of benzene rings is 1. The molecule has 7 nitrogen and oxygen atoms in total. The largest absolute Gasteiger partial charge is 0.489 e. The molecule has 0 bridgehead atoms. The van der Waals surface area contributed by atoms with Gasteiger partial charge in [-0.15, -0.1) is 0 Å². The number of para-hydroxylation sites is 2. The minimum atomic E-state index is -0.0599. The standard InChI is InChI=1S/C19H25N5O2/c1-14(2)26-17-7-5-4-6-15(17)22-18-12-16(20-13-21-18)19(25)24-10-8-23(3)9-11-24/h4-7,12-14H,8-11H2,1-3H3,(H,20,21,22). The molecule has 0 aliphatic carbocycles. The molecule has 1 aromatic carbocycles. The monoisotopic (exact) mass is 355 g/mol. The van der Waals surface area contributed by atoms with Crippen LogP contribution in [0.15, 0.2) is 36.7 Å². The number of amides is 1. The average molecular weight is 355 g/mol. The summed E-state index contributed by atoms with van der Waals surface area (Å²) in [6.45, 7) is 7.15. The molecule has 0 unspecified atom stereocenters. The predicted octanol–water partition coefficient (Wildman–Crippen LogP) is 2.40. The number of anilines is 2. The lowest BCUT2D eigenvalue weighted by Gasteiger charge is -2.32. The zero-order valence-electron chi connectivity index (χ0n) is 15.5. The number of rotatable bonds is 5. The third-order valence-corrected chi connectivity index (χ3v) is 4.19. The van der Waals surface area contributed by atoms with Crippen LogP contribution in [0.4, 0.5) is 11.5 Å². The molecule has 26 heavy (non-hydrogen) atoms. The molecule has 1 aliphatic heterocycles. The highest BCUT2D eigenvalue weighted by Gasteiger charge is 2.21. The minimum absolute atomic E-state index is 0.0599. The van der Waals surface area contributed by atoms with Crippen molar-refractivity contribution in [1.29, 1.82) is 0 Å². The van der Waals surface area contributed by atoms with Gasteiger partial charge in [0.25, 0.3) is 5.91 Å². The van der Waals surface area contributed by atoms with Gasteiger partial charge < -0.3 is 19.9 Å². The third-order valence-electron chi connectivity index (χ3n) is 4.19. The van der Waals surface area contributed by atoms with Gasteiger partial charge in [0.05, 0.1) is 11.8 Å². The molecule has 1 amide bonds. The second kappa shape index (κ2) is 8.14. The lowest BCUT2D eigenvalue weighted by atomic mass is 10.2. The Kier molecular flexibility index (Phi) is 5.68. The van der Waals surface area contributed by atoms with Gasteiger partial charge in [-0.2, -0.15) is 0 Å². The number of likely N-dealkylation sites (N-methyl/N-ethyl adjacent to an activating group) is 1. The molecule has 1 fully saturated rings. The van der Waals surface area contributed by atoms with Gasteiger partial charge in [-0.3, -0.25) is 4.79 Å². The zero-order valence-corrected chi connectivity index (χ0v) is 15.5. The SMILES string of the molecule is CC(C)Oc1ccccc1Nc1cc(C(=O)N2CCN(C)CC2)ncn1. The number of hydrogen-bond donors (Lipinski definition) is 1. The second-order valence-electron chi connectivity index (χ2n) is 6.67. The van der Waals surface area contributed by atoms with E-state index in [0.29, 0.717) is 24.6 Å². The molecule has 1 N–H and O–H groups in total. The molecule has 1 aromatic heterocycles. The van der Waals surface area contributed by atoms with Crippen LogP contribution < -0.4 is 10.1 Å². The smallest absolute Gasteiger partial charge is 0.272 e. The Balaban J connectivity index is 1.75. The highest BCUT2D eigenvalue weighted by Crippen LogP contribution is 2.27. The van der Waals surface area contributed by atoms with Crippen molar-refractivity contribution in [1.82, 2.24) is 19.8 Å². The normalized spacial score (nSPS) is 15.2. The molecule has 2 heterocycles. The van der Waals surface area contributed by atoms with E-state index in [1.807, 2.05) is 43.0 Å². The Hall–Kier alpha value is -2.67. The summed E-state index contributed by atoms with van der Waals surface area (Å²) in [4.78, 5) is 25.1. The quantitative estimate of drug-likeness (QED) is 0.888. The Bertz CT molecular complexity index is 757. The Labute approximate surface area is 154 Å². The number of aromatic nitrogens is 2. The molecule has 0 spiro atoms. The minimum Gasteiger partial charge on any atom is -0.489 e. The Morgan fingerprint density at radius 1 is 1.15 bits per heavy atom. The molecule has 1 aliphatic rings. The summed E-state index contributed by atoms with van der Waals surface area (Å²) in [5.74, 6) is 1.25. The number of carbonyl (C=O) groups excluding carboxylic acids is 1. The predicted molar refractivity (Wildman–Crippen MR) is 101 cm³/mol. The van der Waals surface area contributed by atoms with E-state index < -0.39 is 0 Å². The van der Waals surface area contributed by atoms with Crippen molar-refractivity contribution in [3.63, 3.8) is 0 Å². The third kappa shape index (κ3) is 4.49. The van der Waals surface area contributed by atoms with Crippen molar-refractivity contribution in [2.45, 2.75) is 20.0 Å². The van der Waals surface area contributed by atoms with Crippen molar-refractivity contribution in [3.8, 4) is 5.75 Å². The van der Waals surface area contributed by atoms with Crippen molar-refractivity contribution in [2.24, 2.45) is 0 Å². The number of carbonyl (C=O) groups is 1. The van der Waals surface area contributed by atoms with Crippen LogP contribution in [0.5, 0.6) is 5.75 Å². The first kappa shape index (κ1) is 18.1. The molecule has 2 aromatic rings. The summed E-state index contributed by atoms with van der Waals surface area (Å²) < 4.78 is 5.81. The maximum absolute atomic E-state index is 12.7. The van der Waals surface area contributed by atoms with E-state index in [1.54, 1.807) is 6.07 Å². The summed E-state index contributed by atoms with van der Waals surface area (Å²) in [7, 11) is 2.06. The summed E-state index contributed by atoms with van der Waals surface area (Å²) in [6, 6.07) is 9.35. The fourth-order valence-corrected chi connectivity index (χ4v) is 2.78. The summed E-state index contributed by atoms with van der Waals surface area (Å²) in [5.41, 5.74) is 1.20. The van der Waals surface area contributed by atoms with Crippen molar-refractivity contribution in [3.05, 3.63) is 42.4 Å². The molecular formula is C19H25N5O2. The second-order valence-corrected chi connectivity index (χ2v) is 6.67. The number of hydrogen-bond acceptors (Lipinski definition) is 6. The molecule has 0 saturated carbocycles. The van der Waals surface area contributed by atoms with Crippen LogP contribution >= 0.6 is 0 Å². The molecule has 0 atom stereocenters. The van der Waals surface area contributed by atoms with E-state index in [0.717, 1.165) is 24.5 Å². The van der Waals surface area contributed by atoms with Crippen LogP contribution in [0.3, 0.4) is 0 Å². The van der Waals surface area contributed by atoms with Gasteiger partial charge in [0.2, 0.25) is 0 Å². The van der Waals surface area contributed by atoms with E-state index in [9.17, 15) is 4.79 Å². The van der Waals surface area contributed by atoms with Crippen molar-refractivity contribution < 1.29 is 9.53 Å². The maximum Gasteiger partial charge on any atom is 0.272 e. The summed E-state index contributed by atoms with van der Waals surface area (Å²) in [6.07, 6.45) is 1.48. The van der Waals surface area contributed by atoms with Crippen molar-refractivity contribution >= 4 is 17.4 Å². The first-order valence-electron chi connectivity index (χ1n) is 8.85. The zero-order chi connectivity index (χ0) is 18.5. The van der Waals surface area contributed by atoms with Gasteiger partial charge in [0.15, 0.2) is 0 Å². The lowest BCUT2D eigenvalue weighted by molar-refractivity contribution is 0.0658. The number of piperazine rings is 1. The van der Waals surface area contributed by atoms with Gasteiger partial charge in [0.1, 0.15) is 23.6 Å². The molecular weight excluding hydrogens is 330 g/mol. The highest BCUT2D eigenvalue weighted by molar-refractivity contribution is 5.93. The van der Waals surface area contributed by atoms with Gasteiger partial charge in [-0.1, -0.05) is 12.1 Å². The maximum atomic E-state index is 12.7. The number of nitrogens with one attached hydrogen (secondary N) is 1. The van der Waals surface area contributed by atoms with E-state index >= 15 is 0 Å². The van der Waals surface area contributed by atoms with E-state index in [1.165, 1.54) is 6.33 Å². The van der Waals surface area contributed by atoms with Crippen molar-refractivity contribution in [2.75, 3.05) is 38.5 Å². The van der Waals surface area contributed by atoms with Gasteiger partial charge in [0, 0.05) is 32.2 Å². The Morgan fingerprint density at radius 3 is 2.62 bits per heavy atom. The van der Waals surface area contributed by atoms with E-state index in [2.05, 4.69) is 27.2 Å². The van der Waals surface area contributed by atoms with Gasteiger partial charge in [-0.05, 0) is 33.0 Å². The van der Waals surface area contributed by atoms with Crippen LogP contribution in [0, 0.1) is 0 Å². The molecule has 7 heteroatoms. The molecule has 1 saturated heterocycles. The van der Waals surface area contributed by atoms with E-state index in [-0.39, 0.29) is 12.0 Å². The van der Waals surface area contributed by atoms with E-state index in [4.69, 9.17) is 4.74 Å². The fourth-order valence-electron chi connectivity index (χ4n) is 2.78. The topological polar surface area (TPSA) is 70.6 Å². The molecule has 0 radical (unpaired) electrons. The average Bonchev–Trinajstić information content (AvgIpc) is 2.63. The molecule has 3 rings (SSSR count). The first-order chi connectivity index (χ1) is 12.5. The van der Waals surface area contributed by atoms with Crippen LogP contribution in [-0.4, -0.2) is 65.0 Å². The Morgan fingerprint density at radius 2 is 1.88 bits per heavy atom. The van der Waals surface area contributed by atoms with Crippen LogP contribution in [-0.2, 0) is 0 Å². The van der Waals surface area contributed by atoms with Crippen LogP contribution in [0.1, 0.15) is 24.3 Å². The fraction of sp³-hybridized carbons (Fsp3) is 0.421. The summed E-state index contributed by atoms with van der Waals surface area (Å²) in [5, 5.41) is 3.23. The van der Waals surface area contributed by atoms with Gasteiger partial charge in [-0.25, -0.2) is 9.97 Å². The van der Waals surface area contributed by atoms with Gasteiger partial charge >= 0.3 is 0 Å². The lowest BCUT2D eigenvalue weighted by Crippen LogP contribution is -2.47. The number of nitrogens with zero attached hydrogens (tertiary/aromatic N) is 4. The summed E-state index contributed by atoms with van der Waals surface area (Å²) >= 11 is 0. The molecule has 138 valence electrons. The van der Waals surface area contributed by atoms with Crippen LogP contribution in [0.25, 0.3) is 0 Å².